The minimum atomic E-state index is -0.546. The molecule has 0 radical (unpaired) electrons. The van der Waals surface area contributed by atoms with E-state index in [1.54, 1.807) is 0 Å². The minimum Gasteiger partial charge on any atom is -0.340 e. The number of hydrogen-bond acceptors (Lipinski definition) is 2. The van der Waals surface area contributed by atoms with Crippen LogP contribution in [0.3, 0.4) is 0 Å². The topological polar surface area (TPSA) is 49.4 Å². The maximum atomic E-state index is 12.8. The zero-order valence-electron chi connectivity index (χ0n) is 11.8. The first-order valence-electron chi connectivity index (χ1n) is 7.73. The number of hydrogen-bond donors (Lipinski definition) is 1. The Morgan fingerprint density at radius 1 is 1.16 bits per heavy atom. The molecule has 2 unspecified atom stereocenters. The van der Waals surface area contributed by atoms with E-state index in [1.165, 1.54) is 12.8 Å². The number of piperazine rings is 1. The fourth-order valence-corrected chi connectivity index (χ4v) is 4.16. The smallest absolute Gasteiger partial charge is 0.249 e. The first-order valence-corrected chi connectivity index (χ1v) is 7.73. The summed E-state index contributed by atoms with van der Waals surface area (Å²) in [6.45, 7) is 2.53. The molecule has 1 aliphatic heterocycles. The summed E-state index contributed by atoms with van der Waals surface area (Å²) in [6.07, 6.45) is 8.35. The molecular formula is C15H24N2O2. The molecule has 4 heteroatoms. The maximum absolute atomic E-state index is 12.8. The summed E-state index contributed by atoms with van der Waals surface area (Å²) in [7, 11) is 0. The number of nitrogens with zero attached hydrogens (tertiary/aromatic N) is 1. The van der Waals surface area contributed by atoms with Crippen LogP contribution in [0, 0.1) is 5.92 Å². The third-order valence-electron chi connectivity index (χ3n) is 5.17. The van der Waals surface area contributed by atoms with Crippen molar-refractivity contribution in [1.29, 1.82) is 0 Å². The summed E-state index contributed by atoms with van der Waals surface area (Å²) >= 11 is 0. The van der Waals surface area contributed by atoms with Crippen LogP contribution in [0.1, 0.15) is 58.3 Å². The molecule has 1 N–H and O–H groups in total. The van der Waals surface area contributed by atoms with Gasteiger partial charge in [-0.1, -0.05) is 32.6 Å². The van der Waals surface area contributed by atoms with Crippen LogP contribution in [-0.4, -0.2) is 34.8 Å². The SMILES string of the molecule is CC1CCCC(N2CC(=O)NC3(CCCC3)C2=O)C1. The quantitative estimate of drug-likeness (QED) is 0.785. The van der Waals surface area contributed by atoms with E-state index < -0.39 is 5.54 Å². The molecule has 4 nitrogen and oxygen atoms in total. The molecule has 0 aromatic rings. The Balaban J connectivity index is 1.80. The Bertz CT molecular complexity index is 388. The average molecular weight is 264 g/mol. The standard InChI is InChI=1S/C15H24N2O2/c1-11-5-4-6-12(9-11)17-10-13(18)16-15(14(17)19)7-2-3-8-15/h11-12H,2-10H2,1H3,(H,16,18). The van der Waals surface area contributed by atoms with Gasteiger partial charge in [-0.15, -0.1) is 0 Å². The van der Waals surface area contributed by atoms with Crippen LogP contribution in [0.2, 0.25) is 0 Å². The monoisotopic (exact) mass is 264 g/mol. The molecule has 1 spiro atoms. The van der Waals surface area contributed by atoms with Crippen molar-refractivity contribution in [2.75, 3.05) is 6.54 Å². The normalized spacial score (nSPS) is 34.7. The van der Waals surface area contributed by atoms with Gasteiger partial charge in [0.15, 0.2) is 0 Å². The van der Waals surface area contributed by atoms with E-state index in [9.17, 15) is 9.59 Å². The molecule has 19 heavy (non-hydrogen) atoms. The van der Waals surface area contributed by atoms with Gasteiger partial charge in [-0.2, -0.15) is 0 Å². The zero-order chi connectivity index (χ0) is 13.5. The zero-order valence-corrected chi connectivity index (χ0v) is 11.8. The molecule has 1 heterocycles. The summed E-state index contributed by atoms with van der Waals surface area (Å²) in [5.41, 5.74) is -0.546. The predicted octanol–water partition coefficient (Wildman–Crippen LogP) is 1.84. The minimum absolute atomic E-state index is 0.0414. The molecule has 0 aromatic carbocycles. The summed E-state index contributed by atoms with van der Waals surface area (Å²) in [5, 5.41) is 2.99. The highest BCUT2D eigenvalue weighted by Gasteiger charge is 2.49. The Morgan fingerprint density at radius 3 is 2.58 bits per heavy atom. The van der Waals surface area contributed by atoms with E-state index >= 15 is 0 Å². The highest BCUT2D eigenvalue weighted by atomic mass is 16.2. The van der Waals surface area contributed by atoms with Gasteiger partial charge in [-0.25, -0.2) is 0 Å². The molecule has 2 aliphatic carbocycles. The lowest BCUT2D eigenvalue weighted by Gasteiger charge is -2.45. The number of carbonyl (C=O) groups excluding carboxylic acids is 2. The predicted molar refractivity (Wildman–Crippen MR) is 72.5 cm³/mol. The molecule has 0 aromatic heterocycles. The Hall–Kier alpha value is -1.06. The van der Waals surface area contributed by atoms with E-state index in [0.717, 1.165) is 38.5 Å². The first-order chi connectivity index (χ1) is 9.11. The summed E-state index contributed by atoms with van der Waals surface area (Å²) in [4.78, 5) is 26.7. The number of rotatable bonds is 1. The fourth-order valence-electron chi connectivity index (χ4n) is 4.16. The average Bonchev–Trinajstić information content (AvgIpc) is 2.83. The van der Waals surface area contributed by atoms with Gasteiger partial charge in [0, 0.05) is 6.04 Å². The van der Waals surface area contributed by atoms with Gasteiger partial charge in [0.2, 0.25) is 11.8 Å². The van der Waals surface area contributed by atoms with Crippen LogP contribution < -0.4 is 5.32 Å². The second-order valence-corrected chi connectivity index (χ2v) is 6.70. The van der Waals surface area contributed by atoms with Crippen molar-refractivity contribution < 1.29 is 9.59 Å². The van der Waals surface area contributed by atoms with Gasteiger partial charge < -0.3 is 10.2 Å². The lowest BCUT2D eigenvalue weighted by Crippen LogP contribution is -2.67. The van der Waals surface area contributed by atoms with Crippen molar-refractivity contribution >= 4 is 11.8 Å². The van der Waals surface area contributed by atoms with Crippen LogP contribution in [0.4, 0.5) is 0 Å². The molecule has 2 atom stereocenters. The highest BCUT2D eigenvalue weighted by Crippen LogP contribution is 2.36. The largest absolute Gasteiger partial charge is 0.340 e. The van der Waals surface area contributed by atoms with Gasteiger partial charge in [-0.3, -0.25) is 9.59 Å². The van der Waals surface area contributed by atoms with Crippen LogP contribution in [-0.2, 0) is 9.59 Å². The lowest BCUT2D eigenvalue weighted by atomic mass is 9.84. The van der Waals surface area contributed by atoms with Crippen molar-refractivity contribution in [3.05, 3.63) is 0 Å². The van der Waals surface area contributed by atoms with Crippen LogP contribution in [0.15, 0.2) is 0 Å². The number of nitrogens with one attached hydrogen (secondary N) is 1. The summed E-state index contributed by atoms with van der Waals surface area (Å²) in [6, 6.07) is 0.291. The van der Waals surface area contributed by atoms with Crippen LogP contribution in [0.25, 0.3) is 0 Å². The molecule has 0 bridgehead atoms. The number of carbonyl (C=O) groups is 2. The summed E-state index contributed by atoms with van der Waals surface area (Å²) < 4.78 is 0. The van der Waals surface area contributed by atoms with Gasteiger partial charge in [0.05, 0.1) is 6.54 Å². The highest BCUT2D eigenvalue weighted by molar-refractivity contribution is 5.98. The lowest BCUT2D eigenvalue weighted by molar-refractivity contribution is -0.153. The van der Waals surface area contributed by atoms with Crippen molar-refractivity contribution in [3.8, 4) is 0 Å². The summed E-state index contributed by atoms with van der Waals surface area (Å²) in [5.74, 6) is 0.916. The fraction of sp³-hybridized carbons (Fsp3) is 0.867. The number of amides is 2. The molecule has 2 saturated carbocycles. The Labute approximate surface area is 114 Å². The molecule has 3 fully saturated rings. The van der Waals surface area contributed by atoms with E-state index in [-0.39, 0.29) is 18.4 Å². The van der Waals surface area contributed by atoms with Crippen molar-refractivity contribution in [2.24, 2.45) is 5.92 Å². The van der Waals surface area contributed by atoms with Crippen molar-refractivity contribution in [2.45, 2.75) is 69.9 Å². The molecule has 2 amide bonds. The van der Waals surface area contributed by atoms with Gasteiger partial charge in [0.1, 0.15) is 5.54 Å². The third-order valence-corrected chi connectivity index (χ3v) is 5.17. The van der Waals surface area contributed by atoms with Crippen molar-refractivity contribution in [1.82, 2.24) is 10.2 Å². The molecule has 3 aliphatic rings. The van der Waals surface area contributed by atoms with Crippen LogP contribution >= 0.6 is 0 Å². The van der Waals surface area contributed by atoms with Gasteiger partial charge in [0.25, 0.3) is 0 Å². The maximum Gasteiger partial charge on any atom is 0.249 e. The Kier molecular flexibility index (Phi) is 3.27. The molecular weight excluding hydrogens is 240 g/mol. The van der Waals surface area contributed by atoms with Gasteiger partial charge >= 0.3 is 0 Å². The first kappa shape index (κ1) is 12.9. The third kappa shape index (κ3) is 2.26. The van der Waals surface area contributed by atoms with E-state index in [2.05, 4.69) is 12.2 Å². The van der Waals surface area contributed by atoms with E-state index in [1.807, 2.05) is 4.90 Å². The van der Waals surface area contributed by atoms with Crippen molar-refractivity contribution in [3.63, 3.8) is 0 Å². The molecule has 1 saturated heterocycles. The van der Waals surface area contributed by atoms with E-state index in [0.29, 0.717) is 12.0 Å². The molecule has 106 valence electrons. The second kappa shape index (κ2) is 4.80. The van der Waals surface area contributed by atoms with Gasteiger partial charge in [-0.05, 0) is 31.6 Å². The molecule has 3 rings (SSSR count). The second-order valence-electron chi connectivity index (χ2n) is 6.70. The van der Waals surface area contributed by atoms with E-state index in [4.69, 9.17) is 0 Å². The Morgan fingerprint density at radius 2 is 1.89 bits per heavy atom. The van der Waals surface area contributed by atoms with Crippen LogP contribution in [0.5, 0.6) is 0 Å².